The topological polar surface area (TPSA) is 87.1 Å². The van der Waals surface area contributed by atoms with Crippen molar-refractivity contribution in [2.45, 2.75) is 70.9 Å². The number of ether oxygens (including phenoxy) is 1. The van der Waals surface area contributed by atoms with Crippen molar-refractivity contribution in [3.63, 3.8) is 0 Å². The van der Waals surface area contributed by atoms with Crippen molar-refractivity contribution in [1.82, 2.24) is 4.90 Å². The summed E-state index contributed by atoms with van der Waals surface area (Å²) in [4.78, 5) is 28.7. The first kappa shape index (κ1) is 22.0. The van der Waals surface area contributed by atoms with E-state index in [1.807, 2.05) is 0 Å². The first-order chi connectivity index (χ1) is 14.8. The average Bonchev–Trinajstić information content (AvgIpc) is 3.10. The molecular formula is C25H39NO5. The highest BCUT2D eigenvalue weighted by Crippen LogP contribution is 2.66. The lowest BCUT2D eigenvalue weighted by atomic mass is 9.43. The van der Waals surface area contributed by atoms with Crippen molar-refractivity contribution in [3.05, 3.63) is 0 Å². The van der Waals surface area contributed by atoms with Crippen LogP contribution in [-0.2, 0) is 14.3 Å². The summed E-state index contributed by atoms with van der Waals surface area (Å²) in [7, 11) is 0. The fourth-order valence-corrected chi connectivity index (χ4v) is 9.02. The number of hydrogen-bond donors (Lipinski definition) is 2. The summed E-state index contributed by atoms with van der Waals surface area (Å²) < 4.78 is 5.53. The molecule has 1 heterocycles. The summed E-state index contributed by atoms with van der Waals surface area (Å²) in [5.74, 6) is 1.25. The van der Waals surface area contributed by atoms with E-state index in [0.29, 0.717) is 30.0 Å². The van der Waals surface area contributed by atoms with Gasteiger partial charge in [0.1, 0.15) is 12.4 Å². The minimum Gasteiger partial charge on any atom is -0.391 e. The van der Waals surface area contributed by atoms with Crippen molar-refractivity contribution in [3.8, 4) is 0 Å². The number of hydrogen-bond acceptors (Lipinski definition) is 6. The molecule has 4 saturated carbocycles. The van der Waals surface area contributed by atoms with Crippen molar-refractivity contribution >= 4 is 11.6 Å². The molecule has 0 radical (unpaired) electrons. The van der Waals surface area contributed by atoms with Crippen LogP contribution >= 0.6 is 0 Å². The second-order valence-electron chi connectivity index (χ2n) is 11.7. The van der Waals surface area contributed by atoms with E-state index in [2.05, 4.69) is 18.7 Å². The molecule has 5 aliphatic rings. The van der Waals surface area contributed by atoms with Crippen LogP contribution in [-0.4, -0.2) is 71.7 Å². The Morgan fingerprint density at radius 2 is 1.87 bits per heavy atom. The van der Waals surface area contributed by atoms with Gasteiger partial charge in [0.2, 0.25) is 0 Å². The third-order valence-electron chi connectivity index (χ3n) is 10.4. The number of ketones is 2. The molecule has 0 amide bonds. The quantitative estimate of drug-likeness (QED) is 0.709. The predicted octanol–water partition coefficient (Wildman–Crippen LogP) is 2.06. The molecule has 9 atom stereocenters. The van der Waals surface area contributed by atoms with Gasteiger partial charge in [0.15, 0.2) is 5.78 Å². The van der Waals surface area contributed by atoms with E-state index in [4.69, 9.17) is 4.74 Å². The van der Waals surface area contributed by atoms with E-state index in [0.717, 1.165) is 64.8 Å². The first-order valence-corrected chi connectivity index (χ1v) is 12.5. The highest BCUT2D eigenvalue weighted by Gasteiger charge is 2.65. The lowest BCUT2D eigenvalue weighted by Gasteiger charge is -2.61. The molecule has 0 aromatic rings. The summed E-state index contributed by atoms with van der Waals surface area (Å²) in [6.07, 6.45) is 5.74. The number of aliphatic hydroxyl groups excluding tert-OH is 2. The lowest BCUT2D eigenvalue weighted by molar-refractivity contribution is -0.171. The standard InChI is InChI=1S/C25H39NO5/c1-24-12-19(26-7-9-31-10-8-26)20(28)11-15(24)3-4-16-17-5-6-18(22(30)14-27)25(17,2)13-21(29)23(16)24/h15-20,23,27-28H,3-14H2,1-2H3/t15-,16-,17-,18+,19-,20-,23+,24-,25-/m0/s1. The highest BCUT2D eigenvalue weighted by atomic mass is 16.5. The van der Waals surface area contributed by atoms with Gasteiger partial charge in [-0.1, -0.05) is 13.8 Å². The molecule has 0 unspecified atom stereocenters. The minimum atomic E-state index is -0.409. The molecule has 2 N–H and O–H groups in total. The van der Waals surface area contributed by atoms with E-state index in [1.54, 1.807) is 0 Å². The second kappa shape index (κ2) is 7.89. The zero-order valence-corrected chi connectivity index (χ0v) is 19.1. The third-order valence-corrected chi connectivity index (χ3v) is 10.4. The molecule has 5 fully saturated rings. The van der Waals surface area contributed by atoms with Crippen molar-refractivity contribution < 1.29 is 24.5 Å². The average molecular weight is 434 g/mol. The van der Waals surface area contributed by atoms with Gasteiger partial charge in [-0.2, -0.15) is 0 Å². The smallest absolute Gasteiger partial charge is 0.161 e. The lowest BCUT2D eigenvalue weighted by Crippen LogP contribution is -2.62. The highest BCUT2D eigenvalue weighted by molar-refractivity contribution is 5.88. The van der Waals surface area contributed by atoms with Gasteiger partial charge in [-0.25, -0.2) is 0 Å². The van der Waals surface area contributed by atoms with Crippen LogP contribution in [0.1, 0.15) is 58.8 Å². The van der Waals surface area contributed by atoms with Crippen molar-refractivity contribution in [2.24, 2.45) is 40.4 Å². The Hall–Kier alpha value is -0.820. The molecule has 0 bridgehead atoms. The zero-order chi connectivity index (χ0) is 22.0. The van der Waals surface area contributed by atoms with Gasteiger partial charge in [-0.05, 0) is 67.1 Å². The summed E-state index contributed by atoms with van der Waals surface area (Å²) >= 11 is 0. The van der Waals surface area contributed by atoms with Crippen molar-refractivity contribution in [2.75, 3.05) is 32.9 Å². The molecule has 174 valence electrons. The number of rotatable bonds is 3. The first-order valence-electron chi connectivity index (χ1n) is 12.5. The van der Waals surface area contributed by atoms with E-state index in [9.17, 15) is 19.8 Å². The summed E-state index contributed by atoms with van der Waals surface area (Å²) in [6, 6.07) is 0.109. The molecule has 4 aliphatic carbocycles. The van der Waals surface area contributed by atoms with Crippen LogP contribution in [0.25, 0.3) is 0 Å². The molecular weight excluding hydrogens is 394 g/mol. The number of aliphatic hydroxyl groups is 2. The summed E-state index contributed by atoms with van der Waals surface area (Å²) in [6.45, 7) is 7.22. The SMILES string of the molecule is C[C@]12C[C@H](N3CCOCC3)[C@@H](O)C[C@@H]1CC[C@H]1[C@@H]3CC[C@H](C(=O)CO)[C@@]3(C)CC(=O)[C@@H]12. The Kier molecular flexibility index (Phi) is 5.60. The minimum absolute atomic E-state index is 0.0448. The van der Waals surface area contributed by atoms with Crippen LogP contribution < -0.4 is 0 Å². The zero-order valence-electron chi connectivity index (χ0n) is 19.1. The van der Waals surface area contributed by atoms with Gasteiger partial charge in [0, 0.05) is 37.4 Å². The third kappa shape index (κ3) is 3.27. The summed E-state index contributed by atoms with van der Waals surface area (Å²) in [5, 5.41) is 20.5. The second-order valence-corrected chi connectivity index (χ2v) is 11.7. The normalized spacial score (nSPS) is 50.5. The number of nitrogens with zero attached hydrogens (tertiary/aromatic N) is 1. The Morgan fingerprint density at radius 1 is 1.13 bits per heavy atom. The Morgan fingerprint density at radius 3 is 2.58 bits per heavy atom. The van der Waals surface area contributed by atoms with Gasteiger partial charge in [0.25, 0.3) is 0 Å². The van der Waals surface area contributed by atoms with E-state index >= 15 is 0 Å². The molecule has 1 saturated heterocycles. The van der Waals surface area contributed by atoms with Gasteiger partial charge in [-0.15, -0.1) is 0 Å². The van der Waals surface area contributed by atoms with Crippen LogP contribution in [0.15, 0.2) is 0 Å². The number of Topliss-reactive ketones (excluding diaryl/α,β-unsaturated/α-hetero) is 2. The maximum Gasteiger partial charge on any atom is 0.161 e. The van der Waals surface area contributed by atoms with Crippen LogP contribution in [0.3, 0.4) is 0 Å². The fourth-order valence-electron chi connectivity index (χ4n) is 9.02. The maximum atomic E-state index is 13.8. The van der Waals surface area contributed by atoms with E-state index < -0.39 is 6.61 Å². The molecule has 6 nitrogen and oxygen atoms in total. The number of carbonyl (C=O) groups excluding carboxylic acids is 2. The Labute approximate surface area is 185 Å². The molecule has 1 aliphatic heterocycles. The number of carbonyl (C=O) groups is 2. The monoisotopic (exact) mass is 433 g/mol. The van der Waals surface area contributed by atoms with Crippen LogP contribution in [0.4, 0.5) is 0 Å². The molecule has 5 rings (SSSR count). The van der Waals surface area contributed by atoms with E-state index in [1.165, 1.54) is 0 Å². The Balaban J connectivity index is 1.44. The van der Waals surface area contributed by atoms with Crippen LogP contribution in [0, 0.1) is 40.4 Å². The van der Waals surface area contributed by atoms with Gasteiger partial charge >= 0.3 is 0 Å². The van der Waals surface area contributed by atoms with Crippen molar-refractivity contribution in [1.29, 1.82) is 0 Å². The van der Waals surface area contributed by atoms with E-state index in [-0.39, 0.29) is 40.6 Å². The molecule has 0 aromatic heterocycles. The predicted molar refractivity (Wildman–Crippen MR) is 115 cm³/mol. The largest absolute Gasteiger partial charge is 0.391 e. The number of morpholine rings is 1. The Bertz CT molecular complexity index is 735. The molecule has 6 heteroatoms. The maximum absolute atomic E-state index is 13.8. The number of fused-ring (bicyclic) bond motifs is 5. The molecule has 31 heavy (non-hydrogen) atoms. The molecule has 0 aromatic carbocycles. The van der Waals surface area contributed by atoms with Gasteiger partial charge in [-0.3, -0.25) is 14.5 Å². The van der Waals surface area contributed by atoms with Gasteiger partial charge in [0.05, 0.1) is 19.3 Å². The summed E-state index contributed by atoms with van der Waals surface area (Å²) in [5.41, 5.74) is -0.373. The van der Waals surface area contributed by atoms with Crippen LogP contribution in [0.5, 0.6) is 0 Å². The fraction of sp³-hybridized carbons (Fsp3) is 0.920. The van der Waals surface area contributed by atoms with Crippen LogP contribution in [0.2, 0.25) is 0 Å². The van der Waals surface area contributed by atoms with Gasteiger partial charge < -0.3 is 14.9 Å². The molecule has 0 spiro atoms.